The summed E-state index contributed by atoms with van der Waals surface area (Å²) in [4.78, 5) is 0. The van der Waals surface area contributed by atoms with E-state index >= 15 is 0 Å². The van der Waals surface area contributed by atoms with Crippen molar-refractivity contribution in [2.45, 2.75) is 6.04 Å². The summed E-state index contributed by atoms with van der Waals surface area (Å²) in [6.45, 7) is 3.55. The molecule has 0 aliphatic rings. The summed E-state index contributed by atoms with van der Waals surface area (Å²) < 4.78 is 4.94. The minimum Gasteiger partial charge on any atom is -0.507 e. The number of halogens is 1. The van der Waals surface area contributed by atoms with Crippen molar-refractivity contribution in [3.63, 3.8) is 0 Å². The predicted molar refractivity (Wildman–Crippen MR) is 59.0 cm³/mol. The largest absolute Gasteiger partial charge is 0.507 e. The Morgan fingerprint density at radius 2 is 2.21 bits per heavy atom. The summed E-state index contributed by atoms with van der Waals surface area (Å²) in [6, 6.07) is 4.66. The summed E-state index contributed by atoms with van der Waals surface area (Å²) >= 11 is 0. The van der Waals surface area contributed by atoms with Crippen molar-refractivity contribution >= 4 is 12.4 Å². The third kappa shape index (κ3) is 2.65. The van der Waals surface area contributed by atoms with Gasteiger partial charge in [0, 0.05) is 11.6 Å². The van der Waals surface area contributed by atoms with Gasteiger partial charge in [0.15, 0.2) is 0 Å². The Hall–Kier alpha value is -1.19. The molecule has 0 heterocycles. The van der Waals surface area contributed by atoms with Crippen LogP contribution in [0.4, 0.5) is 0 Å². The zero-order valence-corrected chi connectivity index (χ0v) is 8.75. The highest BCUT2D eigenvalue weighted by Crippen LogP contribution is 2.27. The Balaban J connectivity index is 0.00000169. The van der Waals surface area contributed by atoms with Gasteiger partial charge in [-0.05, 0) is 12.1 Å². The van der Waals surface area contributed by atoms with Crippen molar-refractivity contribution in [3.05, 3.63) is 36.4 Å². The average molecular weight is 216 g/mol. The molecule has 0 saturated carbocycles. The van der Waals surface area contributed by atoms with Gasteiger partial charge in [0.1, 0.15) is 11.5 Å². The number of methoxy groups -OCH3 is 1. The van der Waals surface area contributed by atoms with E-state index in [1.165, 1.54) is 6.07 Å². The maximum atomic E-state index is 9.52. The minimum atomic E-state index is -0.342. The van der Waals surface area contributed by atoms with E-state index in [2.05, 4.69) is 6.58 Å². The molecule has 1 rings (SSSR count). The fourth-order valence-electron chi connectivity index (χ4n) is 1.06. The van der Waals surface area contributed by atoms with E-state index in [9.17, 15) is 5.11 Å². The molecule has 4 heteroatoms. The molecule has 1 aromatic rings. The van der Waals surface area contributed by atoms with Crippen molar-refractivity contribution in [2.24, 2.45) is 5.73 Å². The molecule has 3 nitrogen and oxygen atoms in total. The van der Waals surface area contributed by atoms with Gasteiger partial charge < -0.3 is 15.6 Å². The molecular weight excluding hydrogens is 202 g/mol. The minimum absolute atomic E-state index is 0. The molecule has 1 aromatic carbocycles. The van der Waals surface area contributed by atoms with Crippen LogP contribution in [0.25, 0.3) is 0 Å². The van der Waals surface area contributed by atoms with Gasteiger partial charge >= 0.3 is 0 Å². The number of hydrogen-bond donors (Lipinski definition) is 2. The molecule has 0 aromatic heterocycles. The van der Waals surface area contributed by atoms with Crippen LogP contribution in [0.5, 0.6) is 11.5 Å². The molecule has 78 valence electrons. The quantitative estimate of drug-likeness (QED) is 0.759. The summed E-state index contributed by atoms with van der Waals surface area (Å²) in [5, 5.41) is 9.52. The Labute approximate surface area is 89.6 Å². The second kappa shape index (κ2) is 5.52. The molecule has 0 fully saturated rings. The summed E-state index contributed by atoms with van der Waals surface area (Å²) in [6.07, 6.45) is 1.57. The summed E-state index contributed by atoms with van der Waals surface area (Å²) in [5.41, 5.74) is 6.32. The fourth-order valence-corrected chi connectivity index (χ4v) is 1.06. The number of phenols is 1. The molecule has 0 amide bonds. The second-order valence-electron chi connectivity index (χ2n) is 2.69. The molecule has 0 radical (unpaired) electrons. The van der Waals surface area contributed by atoms with Crippen molar-refractivity contribution < 1.29 is 9.84 Å². The van der Waals surface area contributed by atoms with Crippen LogP contribution in [0.3, 0.4) is 0 Å². The smallest absolute Gasteiger partial charge is 0.124 e. The number of hydrogen-bond acceptors (Lipinski definition) is 3. The third-order valence-electron chi connectivity index (χ3n) is 1.85. The molecule has 3 N–H and O–H groups in total. The number of benzene rings is 1. The number of ether oxygens (including phenoxy) is 1. The lowest BCUT2D eigenvalue weighted by Crippen LogP contribution is -2.06. The SMILES string of the molecule is C=C[C@H](N)c1ccc(OC)cc1O.Cl. The van der Waals surface area contributed by atoms with E-state index in [1.807, 2.05) is 0 Å². The highest BCUT2D eigenvalue weighted by molar-refractivity contribution is 5.85. The van der Waals surface area contributed by atoms with Crippen LogP contribution in [0.2, 0.25) is 0 Å². The van der Waals surface area contributed by atoms with Crippen LogP contribution >= 0.6 is 12.4 Å². The Kier molecular flexibility index (Phi) is 5.05. The molecule has 0 aliphatic heterocycles. The first-order valence-electron chi connectivity index (χ1n) is 3.94. The topological polar surface area (TPSA) is 55.5 Å². The van der Waals surface area contributed by atoms with Gasteiger partial charge in [0.2, 0.25) is 0 Å². The van der Waals surface area contributed by atoms with E-state index < -0.39 is 0 Å². The van der Waals surface area contributed by atoms with E-state index in [0.717, 1.165) is 0 Å². The number of rotatable bonds is 3. The van der Waals surface area contributed by atoms with Gasteiger partial charge in [0.25, 0.3) is 0 Å². The zero-order chi connectivity index (χ0) is 9.84. The molecule has 0 bridgehead atoms. The highest BCUT2D eigenvalue weighted by atomic mass is 35.5. The third-order valence-corrected chi connectivity index (χ3v) is 1.85. The first-order chi connectivity index (χ1) is 6.19. The average Bonchev–Trinajstić information content (AvgIpc) is 2.16. The lowest BCUT2D eigenvalue weighted by Gasteiger charge is -2.09. The lowest BCUT2D eigenvalue weighted by molar-refractivity contribution is 0.406. The van der Waals surface area contributed by atoms with E-state index in [1.54, 1.807) is 25.3 Å². The van der Waals surface area contributed by atoms with Crippen molar-refractivity contribution in [1.29, 1.82) is 0 Å². The summed E-state index contributed by atoms with van der Waals surface area (Å²) in [7, 11) is 1.54. The van der Waals surface area contributed by atoms with Gasteiger partial charge in [-0.1, -0.05) is 6.08 Å². The Bertz CT molecular complexity index is 315. The number of aromatic hydroxyl groups is 1. The molecule has 0 aliphatic carbocycles. The van der Waals surface area contributed by atoms with Crippen molar-refractivity contribution in [2.75, 3.05) is 7.11 Å². The van der Waals surface area contributed by atoms with Crippen LogP contribution in [0.1, 0.15) is 11.6 Å². The van der Waals surface area contributed by atoms with Crippen LogP contribution in [0.15, 0.2) is 30.9 Å². The summed E-state index contributed by atoms with van der Waals surface area (Å²) in [5.74, 6) is 0.740. The maximum Gasteiger partial charge on any atom is 0.124 e. The Morgan fingerprint density at radius 1 is 1.57 bits per heavy atom. The second-order valence-corrected chi connectivity index (χ2v) is 2.69. The molecule has 14 heavy (non-hydrogen) atoms. The zero-order valence-electron chi connectivity index (χ0n) is 7.93. The van der Waals surface area contributed by atoms with Crippen LogP contribution in [0, 0.1) is 0 Å². The maximum absolute atomic E-state index is 9.52. The van der Waals surface area contributed by atoms with Gasteiger partial charge in [-0.25, -0.2) is 0 Å². The lowest BCUT2D eigenvalue weighted by atomic mass is 10.1. The molecule has 0 spiro atoms. The van der Waals surface area contributed by atoms with E-state index in [4.69, 9.17) is 10.5 Å². The van der Waals surface area contributed by atoms with Crippen LogP contribution < -0.4 is 10.5 Å². The highest BCUT2D eigenvalue weighted by Gasteiger charge is 2.07. The Morgan fingerprint density at radius 3 is 2.64 bits per heavy atom. The van der Waals surface area contributed by atoms with E-state index in [0.29, 0.717) is 11.3 Å². The predicted octanol–water partition coefficient (Wildman–Crippen LogP) is 2.01. The first-order valence-corrected chi connectivity index (χ1v) is 3.94. The first kappa shape index (κ1) is 12.8. The monoisotopic (exact) mass is 215 g/mol. The normalized spacial score (nSPS) is 11.3. The van der Waals surface area contributed by atoms with Gasteiger partial charge in [-0.3, -0.25) is 0 Å². The van der Waals surface area contributed by atoms with Crippen LogP contribution in [-0.4, -0.2) is 12.2 Å². The van der Waals surface area contributed by atoms with Gasteiger partial charge in [-0.15, -0.1) is 19.0 Å². The van der Waals surface area contributed by atoms with E-state index in [-0.39, 0.29) is 24.2 Å². The van der Waals surface area contributed by atoms with Gasteiger partial charge in [0.05, 0.1) is 13.2 Å². The van der Waals surface area contributed by atoms with Crippen LogP contribution in [-0.2, 0) is 0 Å². The molecular formula is C10H14ClNO2. The molecule has 1 atom stereocenters. The van der Waals surface area contributed by atoms with Gasteiger partial charge in [-0.2, -0.15) is 0 Å². The standard InChI is InChI=1S/C10H13NO2.ClH/c1-3-9(11)8-5-4-7(13-2)6-10(8)12;/h3-6,9,12H,1,11H2,2H3;1H/t9-;/m0./s1. The molecule has 0 saturated heterocycles. The van der Waals surface area contributed by atoms with Crippen molar-refractivity contribution in [3.8, 4) is 11.5 Å². The van der Waals surface area contributed by atoms with Crippen molar-refractivity contribution in [1.82, 2.24) is 0 Å². The number of phenolic OH excluding ortho intramolecular Hbond substituents is 1. The fraction of sp³-hybridized carbons (Fsp3) is 0.200. The number of nitrogens with two attached hydrogens (primary N) is 1. The molecule has 0 unspecified atom stereocenters.